The molecule has 0 unspecified atom stereocenters. The number of aromatic nitrogens is 1. The Morgan fingerprint density at radius 3 is 2.59 bits per heavy atom. The Kier molecular flexibility index (Phi) is 7.58. The van der Waals surface area contributed by atoms with E-state index in [1.54, 1.807) is 18.4 Å². The van der Waals surface area contributed by atoms with E-state index in [0.29, 0.717) is 31.2 Å². The van der Waals surface area contributed by atoms with E-state index in [-0.39, 0.29) is 5.91 Å². The van der Waals surface area contributed by atoms with Gasteiger partial charge in [-0.05, 0) is 23.3 Å². The van der Waals surface area contributed by atoms with Gasteiger partial charge in [-0.2, -0.15) is 0 Å². The van der Waals surface area contributed by atoms with Gasteiger partial charge in [0, 0.05) is 44.3 Å². The molecule has 7 nitrogen and oxygen atoms in total. The molecule has 0 spiro atoms. The van der Waals surface area contributed by atoms with Crippen molar-refractivity contribution in [3.63, 3.8) is 0 Å². The molecule has 4 rings (SSSR count). The second-order valence-corrected chi connectivity index (χ2v) is 8.49. The van der Waals surface area contributed by atoms with Crippen LogP contribution in [-0.4, -0.2) is 55.6 Å². The number of rotatable bonds is 9. The summed E-state index contributed by atoms with van der Waals surface area (Å²) in [7, 11) is 1.62. The summed E-state index contributed by atoms with van der Waals surface area (Å²) in [4.78, 5) is 21.3. The maximum Gasteiger partial charge on any atom is 0.234 e. The van der Waals surface area contributed by atoms with Gasteiger partial charge in [-0.1, -0.05) is 36.4 Å². The number of hydrogen-bond acceptors (Lipinski definition) is 7. The van der Waals surface area contributed by atoms with Crippen LogP contribution in [0.5, 0.6) is 11.5 Å². The van der Waals surface area contributed by atoms with Gasteiger partial charge in [-0.15, -0.1) is 11.3 Å². The summed E-state index contributed by atoms with van der Waals surface area (Å²) in [6.45, 7) is 4.82. The van der Waals surface area contributed by atoms with Crippen molar-refractivity contribution in [2.75, 3.05) is 44.7 Å². The predicted octanol–water partition coefficient (Wildman–Crippen LogP) is 3.17. The van der Waals surface area contributed by atoms with Gasteiger partial charge in [0.25, 0.3) is 0 Å². The number of thiazole rings is 1. The molecule has 0 saturated carbocycles. The summed E-state index contributed by atoms with van der Waals surface area (Å²) in [6, 6.07) is 15.8. The smallest absolute Gasteiger partial charge is 0.234 e. The number of anilines is 1. The van der Waals surface area contributed by atoms with E-state index in [1.807, 2.05) is 60.1 Å². The number of benzene rings is 2. The highest BCUT2D eigenvalue weighted by molar-refractivity contribution is 7.13. The summed E-state index contributed by atoms with van der Waals surface area (Å²) in [6.07, 6.45) is 1.83. The summed E-state index contributed by atoms with van der Waals surface area (Å²) in [5.41, 5.74) is 2.06. The average Bonchev–Trinajstić information content (AvgIpc) is 3.38. The standard InChI is InChI=1S/C24H28N4O3S/c1-30-22-15-20(7-8-21(22)31-18-19-5-3-2-4-6-19)16-26-23(29)17-27-10-12-28(13-11-27)24-25-9-14-32-24/h2-9,14-15H,10-13,16-18H2,1H3,(H,26,29). The molecule has 1 fully saturated rings. The molecule has 1 aromatic heterocycles. The van der Waals surface area contributed by atoms with Crippen LogP contribution in [0.3, 0.4) is 0 Å². The number of amides is 1. The van der Waals surface area contributed by atoms with Crippen LogP contribution in [0.2, 0.25) is 0 Å². The van der Waals surface area contributed by atoms with Gasteiger partial charge < -0.3 is 19.7 Å². The van der Waals surface area contributed by atoms with Crippen molar-refractivity contribution in [1.82, 2.24) is 15.2 Å². The van der Waals surface area contributed by atoms with Gasteiger partial charge in [-0.3, -0.25) is 9.69 Å². The number of hydrogen-bond donors (Lipinski definition) is 1. The molecular weight excluding hydrogens is 424 g/mol. The van der Waals surface area contributed by atoms with E-state index in [0.717, 1.165) is 42.4 Å². The first-order valence-electron chi connectivity index (χ1n) is 10.7. The third-order valence-electron chi connectivity index (χ3n) is 5.38. The first kappa shape index (κ1) is 22.1. The van der Waals surface area contributed by atoms with E-state index < -0.39 is 0 Å². The number of methoxy groups -OCH3 is 1. The van der Waals surface area contributed by atoms with Gasteiger partial charge >= 0.3 is 0 Å². The van der Waals surface area contributed by atoms with Crippen molar-refractivity contribution in [3.05, 3.63) is 71.2 Å². The Labute approximate surface area is 192 Å². The van der Waals surface area contributed by atoms with Crippen molar-refractivity contribution in [2.24, 2.45) is 0 Å². The summed E-state index contributed by atoms with van der Waals surface area (Å²) in [5, 5.41) is 6.06. The van der Waals surface area contributed by atoms with Gasteiger partial charge in [-0.25, -0.2) is 4.98 Å². The quantitative estimate of drug-likeness (QED) is 0.538. The van der Waals surface area contributed by atoms with E-state index in [2.05, 4.69) is 20.1 Å². The lowest BCUT2D eigenvalue weighted by Crippen LogP contribution is -2.49. The van der Waals surface area contributed by atoms with Gasteiger partial charge in [0.1, 0.15) is 6.61 Å². The number of nitrogens with one attached hydrogen (secondary N) is 1. The molecular formula is C24H28N4O3S. The Morgan fingerprint density at radius 1 is 1.06 bits per heavy atom. The summed E-state index contributed by atoms with van der Waals surface area (Å²) < 4.78 is 11.4. The zero-order chi connectivity index (χ0) is 22.2. The number of piperazine rings is 1. The molecule has 1 aliphatic rings. The molecule has 0 bridgehead atoms. The second kappa shape index (κ2) is 11.0. The fourth-order valence-electron chi connectivity index (χ4n) is 3.61. The molecule has 0 radical (unpaired) electrons. The van der Waals surface area contributed by atoms with Crippen LogP contribution in [0.4, 0.5) is 5.13 Å². The third kappa shape index (κ3) is 5.99. The monoisotopic (exact) mass is 452 g/mol. The molecule has 3 aromatic rings. The lowest BCUT2D eigenvalue weighted by molar-refractivity contribution is -0.122. The number of carbonyl (C=O) groups excluding carboxylic acids is 1. The van der Waals surface area contributed by atoms with Crippen molar-refractivity contribution in [3.8, 4) is 11.5 Å². The average molecular weight is 453 g/mol. The fourth-order valence-corrected chi connectivity index (χ4v) is 4.30. The topological polar surface area (TPSA) is 66.9 Å². The minimum Gasteiger partial charge on any atom is -0.493 e. The Bertz CT molecular complexity index is 990. The summed E-state index contributed by atoms with van der Waals surface area (Å²) >= 11 is 1.65. The maximum absolute atomic E-state index is 12.4. The first-order valence-corrected chi connectivity index (χ1v) is 11.6. The summed E-state index contributed by atoms with van der Waals surface area (Å²) in [5.74, 6) is 1.37. The van der Waals surface area contributed by atoms with E-state index >= 15 is 0 Å². The highest BCUT2D eigenvalue weighted by atomic mass is 32.1. The minimum absolute atomic E-state index is 0.0241. The van der Waals surface area contributed by atoms with Crippen LogP contribution in [0, 0.1) is 0 Å². The highest BCUT2D eigenvalue weighted by Crippen LogP contribution is 2.29. The van der Waals surface area contributed by atoms with Crippen molar-refractivity contribution >= 4 is 22.4 Å². The van der Waals surface area contributed by atoms with Crippen molar-refractivity contribution in [1.29, 1.82) is 0 Å². The van der Waals surface area contributed by atoms with E-state index in [1.165, 1.54) is 0 Å². The van der Waals surface area contributed by atoms with Crippen molar-refractivity contribution in [2.45, 2.75) is 13.2 Å². The lowest BCUT2D eigenvalue weighted by atomic mass is 10.2. The predicted molar refractivity (Wildman–Crippen MR) is 126 cm³/mol. The largest absolute Gasteiger partial charge is 0.493 e. The number of ether oxygens (including phenoxy) is 2. The molecule has 0 aliphatic carbocycles. The highest BCUT2D eigenvalue weighted by Gasteiger charge is 2.20. The molecule has 2 aromatic carbocycles. The normalized spacial score (nSPS) is 14.2. The Morgan fingerprint density at radius 2 is 1.88 bits per heavy atom. The molecule has 8 heteroatoms. The zero-order valence-corrected chi connectivity index (χ0v) is 19.0. The maximum atomic E-state index is 12.4. The zero-order valence-electron chi connectivity index (χ0n) is 18.2. The first-order chi connectivity index (χ1) is 15.7. The van der Waals surface area contributed by atoms with Gasteiger partial charge in [0.15, 0.2) is 16.6 Å². The number of carbonyl (C=O) groups is 1. The molecule has 2 heterocycles. The molecule has 1 amide bonds. The molecule has 0 atom stereocenters. The van der Waals surface area contributed by atoms with Crippen molar-refractivity contribution < 1.29 is 14.3 Å². The molecule has 1 saturated heterocycles. The molecule has 1 N–H and O–H groups in total. The molecule has 168 valence electrons. The van der Waals surface area contributed by atoms with Gasteiger partial charge in [0.2, 0.25) is 5.91 Å². The van der Waals surface area contributed by atoms with Crippen LogP contribution in [0.1, 0.15) is 11.1 Å². The van der Waals surface area contributed by atoms with E-state index in [4.69, 9.17) is 9.47 Å². The van der Waals surface area contributed by atoms with Crippen LogP contribution in [0.25, 0.3) is 0 Å². The SMILES string of the molecule is COc1cc(CNC(=O)CN2CCN(c3nccs3)CC2)ccc1OCc1ccccc1. The van der Waals surface area contributed by atoms with Crippen LogP contribution >= 0.6 is 11.3 Å². The van der Waals surface area contributed by atoms with Crippen LogP contribution in [0.15, 0.2) is 60.1 Å². The Hall–Kier alpha value is -3.10. The number of nitrogens with zero attached hydrogens (tertiary/aromatic N) is 3. The van der Waals surface area contributed by atoms with Crippen LogP contribution < -0.4 is 19.7 Å². The fraction of sp³-hybridized carbons (Fsp3) is 0.333. The third-order valence-corrected chi connectivity index (χ3v) is 6.22. The van der Waals surface area contributed by atoms with E-state index in [9.17, 15) is 4.79 Å². The Balaban J connectivity index is 1.23. The lowest BCUT2D eigenvalue weighted by Gasteiger charge is -2.34. The molecule has 1 aliphatic heterocycles. The second-order valence-electron chi connectivity index (χ2n) is 7.61. The molecule has 32 heavy (non-hydrogen) atoms. The minimum atomic E-state index is 0.0241. The van der Waals surface area contributed by atoms with Crippen LogP contribution in [-0.2, 0) is 17.9 Å². The van der Waals surface area contributed by atoms with Gasteiger partial charge in [0.05, 0.1) is 13.7 Å².